The number of hydrogen-bond acceptors (Lipinski definition) is 0. The lowest BCUT2D eigenvalue weighted by Crippen LogP contribution is -2.24. The summed E-state index contributed by atoms with van der Waals surface area (Å²) < 4.78 is 0. The molecule has 2 saturated carbocycles. The van der Waals surface area contributed by atoms with E-state index in [1.165, 1.54) is 18.3 Å². The van der Waals surface area contributed by atoms with Gasteiger partial charge in [0.25, 0.3) is 0 Å². The molecule has 4 unspecified atom stereocenters. The van der Waals surface area contributed by atoms with E-state index in [9.17, 15) is 0 Å². The summed E-state index contributed by atoms with van der Waals surface area (Å²) in [6.45, 7) is 0. The highest BCUT2D eigenvalue weighted by molar-refractivity contribution is 7.96. The van der Waals surface area contributed by atoms with Crippen LogP contribution < -0.4 is 0 Å². The second kappa shape index (κ2) is 1.76. The maximum Gasteiger partial charge on any atom is -0.00633 e. The Morgan fingerprint density at radius 2 is 2.10 bits per heavy atom. The van der Waals surface area contributed by atoms with Crippen LogP contribution in [0.5, 0.6) is 0 Å². The molecule has 0 spiro atoms. The number of hydrogen-bond donors (Lipinski definition) is 0. The quantitative estimate of drug-likeness (QED) is 0.504. The number of rotatable bonds is 1. The minimum Gasteiger partial charge on any atom is -0.161 e. The van der Waals surface area contributed by atoms with E-state index >= 15 is 0 Å². The van der Waals surface area contributed by atoms with Gasteiger partial charge in [0.1, 0.15) is 0 Å². The molecule has 54 valence electrons. The Hall–Kier alpha value is -0.0400. The third-order valence-corrected chi connectivity index (χ3v) is 4.26. The molecule has 0 aromatic rings. The smallest absolute Gasteiger partial charge is 0.00633 e. The molecule has 0 aromatic carbocycles. The molecule has 3 aliphatic rings. The Balaban J connectivity index is 1.72. The van der Waals surface area contributed by atoms with Gasteiger partial charge in [-0.25, -0.2) is 0 Å². The molecule has 0 aromatic heterocycles. The first-order valence-corrected chi connectivity index (χ1v) is 5.20. The average Bonchev–Trinajstić information content (AvgIpc) is 2.42. The molecule has 0 bridgehead atoms. The average molecular weight is 152 g/mol. The van der Waals surface area contributed by atoms with Crippen LogP contribution in [0, 0.1) is 23.7 Å². The first-order chi connectivity index (χ1) is 4.95. The van der Waals surface area contributed by atoms with Crippen molar-refractivity contribution in [3.8, 4) is 0 Å². The largest absolute Gasteiger partial charge is 0.161 e. The zero-order valence-electron chi connectivity index (χ0n) is 5.99. The van der Waals surface area contributed by atoms with Crippen LogP contribution in [0.1, 0.15) is 19.3 Å². The highest BCUT2D eigenvalue weighted by Crippen LogP contribution is 2.62. The molecular formula is C9H12S. The highest BCUT2D eigenvalue weighted by atomic mass is 32.1. The van der Waals surface area contributed by atoms with E-state index in [0.717, 1.165) is 11.8 Å². The summed E-state index contributed by atoms with van der Waals surface area (Å²) in [5.74, 6) is 4.43. The molecule has 0 amide bonds. The molecule has 4 atom stereocenters. The van der Waals surface area contributed by atoms with Crippen molar-refractivity contribution in [3.63, 3.8) is 0 Å². The summed E-state index contributed by atoms with van der Waals surface area (Å²) in [7, 11) is 1.93. The van der Waals surface area contributed by atoms with Crippen LogP contribution in [0.25, 0.3) is 0 Å². The van der Waals surface area contributed by atoms with Gasteiger partial charge in [-0.3, -0.25) is 0 Å². The monoisotopic (exact) mass is 152 g/mol. The Bertz CT molecular complexity index is 225. The molecule has 0 N–H and O–H groups in total. The Morgan fingerprint density at radius 1 is 1.20 bits per heavy atom. The third-order valence-electron chi connectivity index (χ3n) is 3.37. The molecule has 10 heavy (non-hydrogen) atoms. The van der Waals surface area contributed by atoms with E-state index in [1.54, 1.807) is 12.8 Å². The minimum absolute atomic E-state index is 0.966. The van der Waals surface area contributed by atoms with Crippen LogP contribution in [0.3, 0.4) is 0 Å². The summed E-state index contributed by atoms with van der Waals surface area (Å²) in [6, 6.07) is 0. The predicted octanol–water partition coefficient (Wildman–Crippen LogP) is 2.00. The van der Waals surface area contributed by atoms with Crippen LogP contribution in [-0.4, -0.2) is 10.7 Å². The van der Waals surface area contributed by atoms with Crippen LogP contribution in [0.4, 0.5) is 0 Å². The van der Waals surface area contributed by atoms with Crippen molar-refractivity contribution in [1.82, 2.24) is 0 Å². The molecule has 0 saturated heterocycles. The maximum atomic E-state index is 2.46. The lowest BCUT2D eigenvalue weighted by Gasteiger charge is -2.29. The van der Waals surface area contributed by atoms with Gasteiger partial charge in [-0.05, 0) is 53.7 Å². The van der Waals surface area contributed by atoms with Crippen molar-refractivity contribution in [2.24, 2.45) is 23.7 Å². The third kappa shape index (κ3) is 0.619. The summed E-state index contributed by atoms with van der Waals surface area (Å²) in [5, 5.41) is 4.82. The SMILES string of the molecule is C1=S=CC(C2CC3CC32)C1. The fraction of sp³-hybridized carbons (Fsp3) is 0.778. The van der Waals surface area contributed by atoms with Crippen molar-refractivity contribution in [2.45, 2.75) is 19.3 Å². The zero-order valence-corrected chi connectivity index (χ0v) is 6.81. The summed E-state index contributed by atoms with van der Waals surface area (Å²) in [4.78, 5) is 0. The van der Waals surface area contributed by atoms with E-state index in [-0.39, 0.29) is 0 Å². The van der Waals surface area contributed by atoms with Crippen molar-refractivity contribution < 1.29 is 0 Å². The Morgan fingerprint density at radius 3 is 2.60 bits per heavy atom. The van der Waals surface area contributed by atoms with Gasteiger partial charge in [-0.2, -0.15) is 10.9 Å². The molecule has 1 aliphatic heterocycles. The number of fused-ring (bicyclic) bond motifs is 1. The zero-order chi connectivity index (χ0) is 6.55. The molecular weight excluding hydrogens is 140 g/mol. The summed E-state index contributed by atoms with van der Waals surface area (Å²) in [6.07, 6.45) is 4.48. The van der Waals surface area contributed by atoms with E-state index in [1.807, 2.05) is 10.9 Å². The molecule has 0 radical (unpaired) electrons. The molecule has 1 heteroatoms. The van der Waals surface area contributed by atoms with Gasteiger partial charge in [0.2, 0.25) is 0 Å². The first kappa shape index (κ1) is 5.59. The molecule has 1 heterocycles. The lowest BCUT2D eigenvalue weighted by molar-refractivity contribution is 0.241. The van der Waals surface area contributed by atoms with Gasteiger partial charge in [-0.1, -0.05) is 0 Å². The fourth-order valence-electron chi connectivity index (χ4n) is 2.54. The summed E-state index contributed by atoms with van der Waals surface area (Å²) in [5.41, 5.74) is 0. The maximum absolute atomic E-state index is 2.46. The van der Waals surface area contributed by atoms with Gasteiger partial charge in [0, 0.05) is 0 Å². The van der Waals surface area contributed by atoms with Crippen LogP contribution in [0.15, 0.2) is 0 Å². The topological polar surface area (TPSA) is 0 Å². The lowest BCUT2D eigenvalue weighted by atomic mass is 9.76. The first-order valence-electron chi connectivity index (χ1n) is 4.25. The van der Waals surface area contributed by atoms with E-state index < -0.39 is 0 Å². The van der Waals surface area contributed by atoms with Gasteiger partial charge in [0.05, 0.1) is 0 Å². The van der Waals surface area contributed by atoms with Crippen LogP contribution in [0.2, 0.25) is 0 Å². The van der Waals surface area contributed by atoms with Gasteiger partial charge >= 0.3 is 0 Å². The molecule has 3 rings (SSSR count). The van der Waals surface area contributed by atoms with Gasteiger partial charge < -0.3 is 0 Å². The van der Waals surface area contributed by atoms with Crippen LogP contribution in [-0.2, 0) is 0 Å². The second-order valence-corrected chi connectivity index (χ2v) is 4.78. The minimum atomic E-state index is 0.966. The molecule has 2 fully saturated rings. The predicted molar refractivity (Wildman–Crippen MR) is 47.5 cm³/mol. The highest BCUT2D eigenvalue weighted by Gasteiger charge is 2.55. The molecule has 0 nitrogen and oxygen atoms in total. The fourth-order valence-corrected chi connectivity index (χ4v) is 3.50. The summed E-state index contributed by atoms with van der Waals surface area (Å²) >= 11 is 0. The van der Waals surface area contributed by atoms with Crippen molar-refractivity contribution >= 4 is 21.7 Å². The Labute approximate surface area is 65.2 Å². The molecule has 2 aliphatic carbocycles. The van der Waals surface area contributed by atoms with Crippen molar-refractivity contribution in [2.75, 3.05) is 0 Å². The van der Waals surface area contributed by atoms with E-state index in [2.05, 4.69) is 10.7 Å². The Kier molecular flexibility index (Phi) is 0.984. The van der Waals surface area contributed by atoms with Gasteiger partial charge in [-0.15, -0.1) is 0 Å². The van der Waals surface area contributed by atoms with Crippen LogP contribution >= 0.6 is 10.9 Å². The normalized spacial score (nSPS) is 55.2. The second-order valence-electron chi connectivity index (χ2n) is 3.90. The van der Waals surface area contributed by atoms with Gasteiger partial charge in [0.15, 0.2) is 0 Å². The van der Waals surface area contributed by atoms with E-state index in [4.69, 9.17) is 0 Å². The van der Waals surface area contributed by atoms with E-state index in [0.29, 0.717) is 0 Å². The van der Waals surface area contributed by atoms with Crippen molar-refractivity contribution in [1.29, 1.82) is 0 Å². The van der Waals surface area contributed by atoms with Crippen molar-refractivity contribution in [3.05, 3.63) is 0 Å². The standard InChI is InChI=1S/C9H12S/c1-2-10-5-6(1)8-3-7-4-9(7)8/h2,5-9H,1,3-4H2.